The van der Waals surface area contributed by atoms with Crippen molar-refractivity contribution in [2.24, 2.45) is 16.8 Å². The van der Waals surface area contributed by atoms with E-state index in [-0.39, 0.29) is 18.4 Å². The number of nitrogens with two attached hydrogens (primary N) is 1. The second-order valence-corrected chi connectivity index (χ2v) is 6.03. The maximum Gasteiger partial charge on any atom is 0.265 e. The highest BCUT2D eigenvalue weighted by atomic mass is 16.6. The monoisotopic (exact) mass is 333 g/mol. The van der Waals surface area contributed by atoms with Gasteiger partial charge >= 0.3 is 0 Å². The summed E-state index contributed by atoms with van der Waals surface area (Å²) >= 11 is 0. The molecule has 1 heterocycles. The number of nitrogens with zero attached hydrogens (tertiary/aromatic N) is 1. The topological polar surface area (TPSA) is 95.2 Å². The van der Waals surface area contributed by atoms with Crippen LogP contribution < -0.4 is 20.5 Å². The molecule has 0 saturated heterocycles. The zero-order valence-electron chi connectivity index (χ0n) is 13.6. The van der Waals surface area contributed by atoms with Gasteiger partial charge in [0, 0.05) is 24.1 Å². The van der Waals surface area contributed by atoms with Gasteiger partial charge < -0.3 is 25.4 Å². The Labute approximate surface area is 141 Å². The number of ether oxygens (including phenoxy) is 2. The van der Waals surface area contributed by atoms with Gasteiger partial charge in [-0.2, -0.15) is 0 Å². The van der Waals surface area contributed by atoms with Crippen LogP contribution in [0.3, 0.4) is 0 Å². The van der Waals surface area contributed by atoms with Gasteiger partial charge in [-0.15, -0.1) is 0 Å². The standard InChI is InChI=1S/C17H23N3O4/c18-17(12-4-1-2-5-12)20-24-11-16(21)19-13-6-7-14-15(10-13)23-9-3-8-22-14/h6-7,10,12H,1-5,8-9,11H2,(H2,18,20)(H,19,21). The summed E-state index contributed by atoms with van der Waals surface area (Å²) < 4.78 is 11.1. The average molecular weight is 333 g/mol. The summed E-state index contributed by atoms with van der Waals surface area (Å²) in [5, 5.41) is 6.61. The molecule has 1 aliphatic heterocycles. The molecule has 130 valence electrons. The van der Waals surface area contributed by atoms with Gasteiger partial charge in [0.15, 0.2) is 18.1 Å². The van der Waals surface area contributed by atoms with Crippen LogP contribution in [-0.4, -0.2) is 31.6 Å². The van der Waals surface area contributed by atoms with Crippen molar-refractivity contribution in [3.8, 4) is 11.5 Å². The highest BCUT2D eigenvalue weighted by Gasteiger charge is 2.19. The Kier molecular flexibility index (Phi) is 5.40. The molecule has 0 atom stereocenters. The summed E-state index contributed by atoms with van der Waals surface area (Å²) in [5.41, 5.74) is 6.50. The van der Waals surface area contributed by atoms with Gasteiger partial charge in [-0.1, -0.05) is 18.0 Å². The quantitative estimate of drug-likeness (QED) is 0.489. The van der Waals surface area contributed by atoms with Crippen LogP contribution in [-0.2, 0) is 9.63 Å². The van der Waals surface area contributed by atoms with Crippen molar-refractivity contribution >= 4 is 17.4 Å². The molecule has 0 spiro atoms. The maximum absolute atomic E-state index is 11.9. The Morgan fingerprint density at radius 1 is 1.21 bits per heavy atom. The number of anilines is 1. The predicted octanol–water partition coefficient (Wildman–Crippen LogP) is 2.27. The molecule has 1 aromatic rings. The first-order valence-corrected chi connectivity index (χ1v) is 8.37. The average Bonchev–Trinajstić information content (AvgIpc) is 3.01. The second-order valence-electron chi connectivity index (χ2n) is 6.03. The molecule has 0 aromatic heterocycles. The van der Waals surface area contributed by atoms with Gasteiger partial charge in [0.05, 0.1) is 13.2 Å². The highest BCUT2D eigenvalue weighted by Crippen LogP contribution is 2.32. The van der Waals surface area contributed by atoms with E-state index in [0.717, 1.165) is 19.3 Å². The number of amides is 1. The van der Waals surface area contributed by atoms with Crippen LogP contribution in [0.15, 0.2) is 23.4 Å². The van der Waals surface area contributed by atoms with Crippen LogP contribution in [0.2, 0.25) is 0 Å². The molecule has 7 heteroatoms. The van der Waals surface area contributed by atoms with Crippen LogP contribution in [0.4, 0.5) is 5.69 Å². The second kappa shape index (κ2) is 7.90. The van der Waals surface area contributed by atoms with Crippen molar-refractivity contribution in [1.82, 2.24) is 0 Å². The summed E-state index contributed by atoms with van der Waals surface area (Å²) in [5.74, 6) is 1.79. The number of fused-ring (bicyclic) bond motifs is 1. The largest absolute Gasteiger partial charge is 0.490 e. The van der Waals surface area contributed by atoms with Crippen LogP contribution in [0, 0.1) is 5.92 Å². The van der Waals surface area contributed by atoms with Crippen LogP contribution in [0.5, 0.6) is 11.5 Å². The van der Waals surface area contributed by atoms with E-state index in [9.17, 15) is 4.79 Å². The summed E-state index contributed by atoms with van der Waals surface area (Å²) in [6.45, 7) is 1.05. The van der Waals surface area contributed by atoms with Crippen molar-refractivity contribution in [3.63, 3.8) is 0 Å². The van der Waals surface area contributed by atoms with Gasteiger partial charge in [0.1, 0.15) is 5.84 Å². The number of carbonyl (C=O) groups excluding carboxylic acids is 1. The maximum atomic E-state index is 11.9. The van der Waals surface area contributed by atoms with E-state index in [1.807, 2.05) is 0 Å². The lowest BCUT2D eigenvalue weighted by molar-refractivity contribution is -0.120. The lowest BCUT2D eigenvalue weighted by Gasteiger charge is -2.10. The number of hydrogen-bond acceptors (Lipinski definition) is 5. The normalized spacial score (nSPS) is 18.1. The van der Waals surface area contributed by atoms with E-state index in [1.54, 1.807) is 18.2 Å². The highest BCUT2D eigenvalue weighted by molar-refractivity contribution is 5.92. The first-order chi connectivity index (χ1) is 11.7. The Hall–Kier alpha value is -2.44. The Balaban J connectivity index is 1.49. The smallest absolute Gasteiger partial charge is 0.265 e. The molecule has 1 saturated carbocycles. The number of amidine groups is 1. The molecule has 0 bridgehead atoms. The summed E-state index contributed by atoms with van der Waals surface area (Å²) in [7, 11) is 0. The molecule has 0 radical (unpaired) electrons. The molecule has 1 aliphatic carbocycles. The molecule has 1 aromatic carbocycles. The SMILES string of the molecule is NC(=NOCC(=O)Nc1ccc2c(c1)OCCCO2)C1CCCC1. The van der Waals surface area contributed by atoms with E-state index in [2.05, 4.69) is 10.5 Å². The van der Waals surface area contributed by atoms with Crippen LogP contribution in [0.25, 0.3) is 0 Å². The Bertz CT molecular complexity index is 612. The van der Waals surface area contributed by atoms with Gasteiger partial charge in [-0.05, 0) is 25.0 Å². The van der Waals surface area contributed by atoms with E-state index in [4.69, 9.17) is 20.0 Å². The van der Waals surface area contributed by atoms with E-state index < -0.39 is 0 Å². The molecule has 1 amide bonds. The molecule has 7 nitrogen and oxygen atoms in total. The third kappa shape index (κ3) is 4.31. The zero-order valence-corrected chi connectivity index (χ0v) is 13.6. The lowest BCUT2D eigenvalue weighted by atomic mass is 10.1. The minimum Gasteiger partial charge on any atom is -0.490 e. The molecular formula is C17H23N3O4. The van der Waals surface area contributed by atoms with Crippen molar-refractivity contribution in [3.05, 3.63) is 18.2 Å². The number of rotatable bonds is 5. The van der Waals surface area contributed by atoms with E-state index in [0.29, 0.717) is 36.2 Å². The zero-order chi connectivity index (χ0) is 16.8. The Morgan fingerprint density at radius 2 is 1.96 bits per heavy atom. The number of benzene rings is 1. The van der Waals surface area contributed by atoms with Crippen molar-refractivity contribution < 1.29 is 19.1 Å². The molecule has 24 heavy (non-hydrogen) atoms. The Morgan fingerprint density at radius 3 is 2.75 bits per heavy atom. The van der Waals surface area contributed by atoms with Crippen LogP contribution in [0.1, 0.15) is 32.1 Å². The van der Waals surface area contributed by atoms with Gasteiger partial charge in [-0.3, -0.25) is 4.79 Å². The van der Waals surface area contributed by atoms with E-state index >= 15 is 0 Å². The minimum absolute atomic E-state index is 0.179. The predicted molar refractivity (Wildman–Crippen MR) is 90.2 cm³/mol. The third-order valence-electron chi connectivity index (χ3n) is 4.17. The van der Waals surface area contributed by atoms with E-state index in [1.165, 1.54) is 12.8 Å². The number of carbonyl (C=O) groups is 1. The molecule has 3 rings (SSSR count). The first kappa shape index (κ1) is 16.4. The van der Waals surface area contributed by atoms with Gasteiger partial charge in [0.25, 0.3) is 5.91 Å². The number of hydrogen-bond donors (Lipinski definition) is 2. The fourth-order valence-corrected chi connectivity index (χ4v) is 2.90. The molecule has 0 unspecified atom stereocenters. The number of nitrogens with one attached hydrogen (secondary N) is 1. The molecule has 1 fully saturated rings. The summed E-state index contributed by atoms with van der Waals surface area (Å²) in [6.07, 6.45) is 5.27. The fourth-order valence-electron chi connectivity index (χ4n) is 2.90. The van der Waals surface area contributed by atoms with Crippen molar-refractivity contribution in [2.75, 3.05) is 25.1 Å². The minimum atomic E-state index is -0.299. The summed E-state index contributed by atoms with van der Waals surface area (Å²) in [6, 6.07) is 5.30. The van der Waals surface area contributed by atoms with Crippen molar-refractivity contribution in [2.45, 2.75) is 32.1 Å². The molecule has 2 aliphatic rings. The lowest BCUT2D eigenvalue weighted by Crippen LogP contribution is -2.23. The van der Waals surface area contributed by atoms with Gasteiger partial charge in [0.2, 0.25) is 0 Å². The van der Waals surface area contributed by atoms with Crippen LogP contribution >= 0.6 is 0 Å². The first-order valence-electron chi connectivity index (χ1n) is 8.37. The van der Waals surface area contributed by atoms with Crippen molar-refractivity contribution in [1.29, 1.82) is 0 Å². The molecular weight excluding hydrogens is 310 g/mol. The summed E-state index contributed by atoms with van der Waals surface area (Å²) in [4.78, 5) is 17.0. The number of oxime groups is 1. The molecule has 3 N–H and O–H groups in total. The third-order valence-corrected chi connectivity index (χ3v) is 4.17. The fraction of sp³-hybridized carbons (Fsp3) is 0.529. The van der Waals surface area contributed by atoms with Gasteiger partial charge in [-0.25, -0.2) is 0 Å².